The van der Waals surface area contributed by atoms with Crippen LogP contribution in [0.5, 0.6) is 0 Å². The minimum atomic E-state index is -3.97. The Bertz CT molecular complexity index is 1180. The molecule has 19 nitrogen and oxygen atoms in total. The van der Waals surface area contributed by atoms with E-state index in [-0.39, 0.29) is 42.4 Å². The molecule has 0 radical (unpaired) electrons. The van der Waals surface area contributed by atoms with Gasteiger partial charge in [-0.25, -0.2) is 19.0 Å². The van der Waals surface area contributed by atoms with E-state index in [4.69, 9.17) is 32.9 Å². The van der Waals surface area contributed by atoms with Crippen molar-refractivity contribution in [3.8, 4) is 0 Å². The first kappa shape index (κ1) is 36.2. The van der Waals surface area contributed by atoms with Gasteiger partial charge < -0.3 is 39.4 Å². The monoisotopic (exact) mass is 649 g/mol. The Morgan fingerprint density at radius 3 is 2.12 bits per heavy atom. The Labute approximate surface area is 232 Å². The summed E-state index contributed by atoms with van der Waals surface area (Å²) in [6.07, 6.45) is 0. The number of nitrogens with two attached hydrogens (primary N) is 1. The second-order valence-corrected chi connectivity index (χ2v) is 14.6. The Balaban J connectivity index is 3.12. The molecule has 1 unspecified atom stereocenters. The van der Waals surface area contributed by atoms with Gasteiger partial charge in [0.25, 0.3) is 5.57 Å². The van der Waals surface area contributed by atoms with Gasteiger partial charge >= 0.3 is 42.3 Å². The fourth-order valence-corrected chi connectivity index (χ4v) is 5.83. The maximum Gasteiger partial charge on any atom is 0.587 e. The zero-order valence-electron chi connectivity index (χ0n) is 22.9. The predicted molar refractivity (Wildman–Crippen MR) is 147 cm³/mol. The third kappa shape index (κ3) is 9.62. The average molecular weight is 649 g/mol. The van der Waals surface area contributed by atoms with Crippen molar-refractivity contribution in [2.75, 3.05) is 74.7 Å². The molecule has 0 fully saturated rings. The Morgan fingerprint density at radius 2 is 1.62 bits per heavy atom. The van der Waals surface area contributed by atoms with Crippen LogP contribution in [0.4, 0.5) is 5.95 Å². The number of aliphatic imine (C=N–C) groups is 2. The summed E-state index contributed by atoms with van der Waals surface area (Å²) in [6, 6.07) is 0. The third-order valence-electron chi connectivity index (χ3n) is 4.60. The van der Waals surface area contributed by atoms with E-state index >= 15 is 0 Å². The van der Waals surface area contributed by atoms with E-state index in [2.05, 4.69) is 46.7 Å². The van der Waals surface area contributed by atoms with Crippen LogP contribution in [0, 0.1) is 0 Å². The van der Waals surface area contributed by atoms with Crippen molar-refractivity contribution in [2.45, 2.75) is 0 Å². The van der Waals surface area contributed by atoms with E-state index < -0.39 is 42.3 Å². The zero-order valence-corrected chi connectivity index (χ0v) is 26.5. The normalized spacial score (nSPS) is 13.8. The third-order valence-corrected chi connectivity index (χ3v) is 10.6. The summed E-state index contributed by atoms with van der Waals surface area (Å²) in [6.45, 7) is 3.59. The second-order valence-electron chi connectivity index (χ2n) is 6.79. The van der Waals surface area contributed by atoms with Crippen LogP contribution in [0.1, 0.15) is 0 Å². The van der Waals surface area contributed by atoms with E-state index in [9.17, 15) is 18.6 Å². The molecule has 0 saturated carbocycles. The van der Waals surface area contributed by atoms with Crippen molar-refractivity contribution in [1.29, 1.82) is 0 Å². The molecule has 0 aliphatic carbocycles. The molecule has 0 aromatic carbocycles. The van der Waals surface area contributed by atoms with E-state index in [0.717, 1.165) is 42.7 Å². The molecule has 1 aromatic rings. The molecular weight excluding hydrogens is 616 g/mol. The Hall–Kier alpha value is -1.84. The zero-order chi connectivity index (χ0) is 30.6. The first-order chi connectivity index (χ1) is 18.8. The topological polar surface area (TPSA) is 252 Å². The summed E-state index contributed by atoms with van der Waals surface area (Å²) in [7, 11) is -6.20. The van der Waals surface area contributed by atoms with Crippen molar-refractivity contribution < 1.29 is 50.3 Å². The lowest BCUT2D eigenvalue weighted by Crippen LogP contribution is -2.36. The van der Waals surface area contributed by atoms with E-state index in [1.807, 2.05) is 0 Å². The molecule has 226 valence electrons. The van der Waals surface area contributed by atoms with Gasteiger partial charge in [0.1, 0.15) is 5.82 Å². The number of nitrogens with zero attached hydrogens (tertiary/aromatic N) is 5. The molecule has 23 heteroatoms. The lowest BCUT2D eigenvalue weighted by molar-refractivity contribution is -0.209. The van der Waals surface area contributed by atoms with Gasteiger partial charge in [-0.1, -0.05) is 6.58 Å². The van der Waals surface area contributed by atoms with E-state index in [0.29, 0.717) is 0 Å². The summed E-state index contributed by atoms with van der Waals surface area (Å²) in [5.41, 5.74) is 4.20. The SMILES string of the molecule is C=C(N=C(CN=C(N)[P+](=O)OC)P(=O)(OC)OC)NCCNc1nc(P(=O)(OC)OC)nc([P+]([O-])(OC)OC)n1. The van der Waals surface area contributed by atoms with Gasteiger partial charge in [-0.2, -0.15) is 15.0 Å². The van der Waals surface area contributed by atoms with Gasteiger partial charge in [0.15, 0.2) is 5.45 Å². The smallest absolute Gasteiger partial charge is 0.587 e. The quantitative estimate of drug-likeness (QED) is 0.0776. The maximum absolute atomic E-state index is 12.9. The molecule has 0 spiro atoms. The second kappa shape index (κ2) is 16.6. The predicted octanol–water partition coefficient (Wildman–Crippen LogP) is 0.0844. The van der Waals surface area contributed by atoms with Crippen LogP contribution in [-0.2, 0) is 45.4 Å². The summed E-state index contributed by atoms with van der Waals surface area (Å²) in [4.78, 5) is 32.8. The molecule has 1 atom stereocenters. The van der Waals surface area contributed by atoms with Gasteiger partial charge in [0.05, 0.1) is 27.9 Å². The highest BCUT2D eigenvalue weighted by atomic mass is 31.2. The van der Waals surface area contributed by atoms with Crippen molar-refractivity contribution in [2.24, 2.45) is 15.7 Å². The molecule has 0 aliphatic rings. The Kier molecular flexibility index (Phi) is 15.0. The molecular formula is C17H33N8O11P4+. The van der Waals surface area contributed by atoms with Crippen LogP contribution < -0.4 is 32.4 Å². The van der Waals surface area contributed by atoms with E-state index in [1.54, 1.807) is 0 Å². The number of hydrogen-bond donors (Lipinski definition) is 3. The molecule has 0 bridgehead atoms. The highest BCUT2D eigenvalue weighted by Crippen LogP contribution is 2.50. The number of aromatic nitrogens is 3. The number of nitrogens with one attached hydrogen (secondary N) is 2. The van der Waals surface area contributed by atoms with Crippen molar-refractivity contribution >= 4 is 59.3 Å². The molecule has 0 aliphatic heterocycles. The van der Waals surface area contributed by atoms with Gasteiger partial charge in [-0.3, -0.25) is 9.13 Å². The van der Waals surface area contributed by atoms with Gasteiger partial charge in [0.2, 0.25) is 5.95 Å². The Morgan fingerprint density at radius 1 is 1.02 bits per heavy atom. The number of rotatable bonds is 19. The van der Waals surface area contributed by atoms with Crippen LogP contribution in [-0.4, -0.2) is 95.4 Å². The lowest BCUT2D eigenvalue weighted by atomic mass is 10.6. The highest BCUT2D eigenvalue weighted by Gasteiger charge is 2.40. The van der Waals surface area contributed by atoms with Crippen LogP contribution in [0.15, 0.2) is 22.4 Å². The van der Waals surface area contributed by atoms with Crippen LogP contribution in [0.25, 0.3) is 0 Å². The minimum Gasteiger partial charge on any atom is -0.625 e. The first-order valence-electron chi connectivity index (χ1n) is 10.8. The van der Waals surface area contributed by atoms with Crippen LogP contribution >= 0.6 is 31.2 Å². The maximum atomic E-state index is 12.9. The summed E-state index contributed by atoms with van der Waals surface area (Å²) >= 11 is 0. The minimum absolute atomic E-state index is 0.0274. The van der Waals surface area contributed by atoms with Crippen molar-refractivity contribution in [1.82, 2.24) is 20.3 Å². The molecule has 1 aromatic heterocycles. The van der Waals surface area contributed by atoms with Gasteiger partial charge in [-0.05, 0) is 4.57 Å². The van der Waals surface area contributed by atoms with E-state index in [1.165, 1.54) is 7.11 Å². The lowest BCUT2D eigenvalue weighted by Gasteiger charge is -2.22. The van der Waals surface area contributed by atoms with Crippen LogP contribution in [0.2, 0.25) is 0 Å². The van der Waals surface area contributed by atoms with Gasteiger partial charge in [-0.15, -0.1) is 4.52 Å². The molecule has 4 N–H and O–H groups in total. The van der Waals surface area contributed by atoms with Crippen molar-refractivity contribution in [3.63, 3.8) is 0 Å². The molecule has 1 rings (SSSR count). The van der Waals surface area contributed by atoms with Crippen LogP contribution in [0.3, 0.4) is 0 Å². The number of anilines is 1. The summed E-state index contributed by atoms with van der Waals surface area (Å²) < 4.78 is 71.6. The highest BCUT2D eigenvalue weighted by molar-refractivity contribution is 7.72. The number of hydrogen-bond acceptors (Lipinski definition) is 18. The fourth-order valence-electron chi connectivity index (χ4n) is 2.50. The first-order valence-corrected chi connectivity index (χ1v) is 16.6. The number of amidine groups is 1. The summed E-state index contributed by atoms with van der Waals surface area (Å²) in [5.74, 6) is -0.125. The summed E-state index contributed by atoms with van der Waals surface area (Å²) in [5, 5.41) is 5.66. The molecule has 40 heavy (non-hydrogen) atoms. The standard InChI is InChI=1S/C17H33N8O11P4/c1-12(22-13(38(27,31-3)32-4)11-21-14(18)37(26)30-2)19-9-10-20-15-23-16(39(28,33-5)34-6)25-17(24-15)40(29,35-7)36-8/h19H,1,9-11H2,2-8H3,(H2,18,21)(H,20,23,24,25)/q+1. The fraction of sp³-hybridized carbons (Fsp3) is 0.588. The molecule has 0 amide bonds. The van der Waals surface area contributed by atoms with Gasteiger partial charge in [0, 0.05) is 41.5 Å². The van der Waals surface area contributed by atoms with Crippen molar-refractivity contribution in [3.05, 3.63) is 12.4 Å². The molecule has 1 heterocycles. The average Bonchev–Trinajstić information content (AvgIpc) is 2.99. The molecule has 0 saturated heterocycles. The largest absolute Gasteiger partial charge is 0.625 e.